The highest BCUT2D eigenvalue weighted by Gasteiger charge is 2.29. The molecule has 122 valence electrons. The van der Waals surface area contributed by atoms with Crippen molar-refractivity contribution < 1.29 is 4.79 Å². The fourth-order valence-corrected chi connectivity index (χ4v) is 3.11. The summed E-state index contributed by atoms with van der Waals surface area (Å²) in [6, 6.07) is 4.07. The van der Waals surface area contributed by atoms with Gasteiger partial charge in [0.25, 0.3) is 5.91 Å². The van der Waals surface area contributed by atoms with E-state index >= 15 is 0 Å². The molecular formula is C17H23N5O. The van der Waals surface area contributed by atoms with Crippen molar-refractivity contribution >= 4 is 5.91 Å². The Labute approximate surface area is 136 Å². The second kappa shape index (κ2) is 6.50. The Hall–Kier alpha value is -2.21. The Balaban J connectivity index is 1.91. The smallest absolute Gasteiger partial charge is 0.256 e. The van der Waals surface area contributed by atoms with E-state index in [0.29, 0.717) is 12.1 Å². The van der Waals surface area contributed by atoms with Crippen LogP contribution >= 0.6 is 0 Å². The number of rotatable bonds is 3. The summed E-state index contributed by atoms with van der Waals surface area (Å²) in [6.45, 7) is 4.23. The summed E-state index contributed by atoms with van der Waals surface area (Å²) in [5.74, 6) is 0.0442. The van der Waals surface area contributed by atoms with Gasteiger partial charge in [-0.2, -0.15) is 5.10 Å². The Morgan fingerprint density at radius 2 is 2.22 bits per heavy atom. The zero-order valence-electron chi connectivity index (χ0n) is 13.9. The number of aromatic nitrogens is 3. The lowest BCUT2D eigenvalue weighted by Gasteiger charge is -2.31. The Bertz CT molecular complexity index is 694. The van der Waals surface area contributed by atoms with Crippen LogP contribution in [0.5, 0.6) is 0 Å². The molecular weight excluding hydrogens is 290 g/mol. The second-order valence-electron chi connectivity index (χ2n) is 6.43. The zero-order valence-corrected chi connectivity index (χ0v) is 13.9. The van der Waals surface area contributed by atoms with Crippen LogP contribution in [0.25, 0.3) is 0 Å². The van der Waals surface area contributed by atoms with Gasteiger partial charge in [0.15, 0.2) is 0 Å². The van der Waals surface area contributed by atoms with E-state index in [9.17, 15) is 4.79 Å². The quantitative estimate of drug-likeness (QED) is 0.863. The van der Waals surface area contributed by atoms with Crippen LogP contribution in [-0.2, 0) is 13.1 Å². The minimum atomic E-state index is 0.0442. The predicted molar refractivity (Wildman–Crippen MR) is 88.0 cm³/mol. The average molecular weight is 313 g/mol. The first-order valence-corrected chi connectivity index (χ1v) is 7.92. The van der Waals surface area contributed by atoms with E-state index in [0.717, 1.165) is 30.8 Å². The van der Waals surface area contributed by atoms with E-state index in [1.165, 1.54) is 0 Å². The molecule has 0 unspecified atom stereocenters. The van der Waals surface area contributed by atoms with Crippen LogP contribution in [0, 0.1) is 6.92 Å². The minimum Gasteiger partial charge on any atom is -0.328 e. The number of nitrogens with zero attached hydrogens (tertiary/aromatic N) is 5. The van der Waals surface area contributed by atoms with Gasteiger partial charge in [-0.1, -0.05) is 0 Å². The second-order valence-corrected chi connectivity index (χ2v) is 6.43. The molecule has 23 heavy (non-hydrogen) atoms. The van der Waals surface area contributed by atoms with Gasteiger partial charge < -0.3 is 9.80 Å². The molecule has 2 aromatic rings. The predicted octanol–water partition coefficient (Wildman–Crippen LogP) is 1.56. The van der Waals surface area contributed by atoms with Crippen molar-refractivity contribution in [3.05, 3.63) is 47.5 Å². The minimum absolute atomic E-state index is 0.0442. The molecule has 0 N–H and O–H groups in total. The van der Waals surface area contributed by atoms with E-state index < -0.39 is 0 Å². The van der Waals surface area contributed by atoms with Gasteiger partial charge in [-0.15, -0.1) is 0 Å². The maximum atomic E-state index is 13.1. The zero-order chi connectivity index (χ0) is 16.4. The van der Waals surface area contributed by atoms with Gasteiger partial charge in [-0.25, -0.2) is 0 Å². The Morgan fingerprint density at radius 3 is 2.96 bits per heavy atom. The molecule has 0 bridgehead atoms. The van der Waals surface area contributed by atoms with Crippen molar-refractivity contribution in [2.24, 2.45) is 0 Å². The summed E-state index contributed by atoms with van der Waals surface area (Å²) in [7, 11) is 4.08. The Kier molecular flexibility index (Phi) is 4.43. The summed E-state index contributed by atoms with van der Waals surface area (Å²) in [5.41, 5.74) is 2.74. The highest BCUT2D eigenvalue weighted by atomic mass is 16.2. The normalized spacial score (nSPS) is 17.9. The van der Waals surface area contributed by atoms with Gasteiger partial charge in [0.05, 0.1) is 17.8 Å². The standard InChI is InChI=1S/C17H23N5O/c1-13-8-14(10-18-9-13)17(23)21-12-16-4-6-19-22(16)7-5-15(21)11-20(2)3/h4,6,8-10,15H,5,7,11-12H2,1-3H3/t15-/m0/s1. The summed E-state index contributed by atoms with van der Waals surface area (Å²) < 4.78 is 2.00. The van der Waals surface area contributed by atoms with Gasteiger partial charge in [0.2, 0.25) is 0 Å². The number of hydrogen-bond donors (Lipinski definition) is 0. The molecule has 1 atom stereocenters. The molecule has 0 aliphatic carbocycles. The molecule has 0 radical (unpaired) electrons. The summed E-state index contributed by atoms with van der Waals surface area (Å²) >= 11 is 0. The number of likely N-dealkylation sites (N-methyl/N-ethyl adjacent to an activating group) is 1. The van der Waals surface area contributed by atoms with Crippen molar-refractivity contribution in [1.29, 1.82) is 0 Å². The third-order valence-corrected chi connectivity index (χ3v) is 4.21. The van der Waals surface area contributed by atoms with E-state index in [-0.39, 0.29) is 11.9 Å². The fraction of sp³-hybridized carbons (Fsp3) is 0.471. The number of aryl methyl sites for hydroxylation is 2. The molecule has 0 saturated heterocycles. The molecule has 0 spiro atoms. The first-order valence-electron chi connectivity index (χ1n) is 7.92. The lowest BCUT2D eigenvalue weighted by molar-refractivity contribution is 0.0626. The van der Waals surface area contributed by atoms with Crippen molar-refractivity contribution in [2.45, 2.75) is 32.5 Å². The molecule has 0 fully saturated rings. The molecule has 2 aromatic heterocycles. The monoisotopic (exact) mass is 313 g/mol. The van der Waals surface area contributed by atoms with Crippen LogP contribution in [0.2, 0.25) is 0 Å². The van der Waals surface area contributed by atoms with Crippen molar-refractivity contribution in [1.82, 2.24) is 24.6 Å². The third kappa shape index (κ3) is 3.42. The molecule has 3 rings (SSSR count). The molecule has 1 amide bonds. The molecule has 0 saturated carbocycles. The first-order chi connectivity index (χ1) is 11.0. The number of fused-ring (bicyclic) bond motifs is 1. The Morgan fingerprint density at radius 1 is 1.39 bits per heavy atom. The number of amides is 1. The van der Waals surface area contributed by atoms with Crippen LogP contribution in [-0.4, -0.2) is 57.2 Å². The summed E-state index contributed by atoms with van der Waals surface area (Å²) in [5, 5.41) is 4.36. The SMILES string of the molecule is Cc1cncc(C(=O)N2Cc3ccnn3CC[C@H]2CN(C)C)c1. The van der Waals surface area contributed by atoms with E-state index in [2.05, 4.69) is 15.0 Å². The summed E-state index contributed by atoms with van der Waals surface area (Å²) in [4.78, 5) is 21.3. The van der Waals surface area contributed by atoms with E-state index in [1.807, 2.05) is 42.7 Å². The lowest BCUT2D eigenvalue weighted by Crippen LogP contribution is -2.44. The molecule has 6 heteroatoms. The topological polar surface area (TPSA) is 54.3 Å². The highest BCUT2D eigenvalue weighted by molar-refractivity contribution is 5.94. The molecule has 1 aliphatic rings. The fourth-order valence-electron chi connectivity index (χ4n) is 3.11. The number of hydrogen-bond acceptors (Lipinski definition) is 4. The number of carbonyl (C=O) groups excluding carboxylic acids is 1. The van der Waals surface area contributed by atoms with E-state index in [4.69, 9.17) is 0 Å². The van der Waals surface area contributed by atoms with Crippen LogP contribution in [0.4, 0.5) is 0 Å². The maximum Gasteiger partial charge on any atom is 0.256 e. The lowest BCUT2D eigenvalue weighted by atomic mass is 10.1. The van der Waals surface area contributed by atoms with Crippen molar-refractivity contribution in [2.75, 3.05) is 20.6 Å². The number of pyridine rings is 1. The van der Waals surface area contributed by atoms with Crippen LogP contribution in [0.1, 0.15) is 28.0 Å². The van der Waals surface area contributed by atoms with E-state index in [1.54, 1.807) is 18.6 Å². The summed E-state index contributed by atoms with van der Waals surface area (Å²) in [6.07, 6.45) is 6.13. The van der Waals surface area contributed by atoms with Crippen LogP contribution in [0.15, 0.2) is 30.7 Å². The molecule has 3 heterocycles. The third-order valence-electron chi connectivity index (χ3n) is 4.21. The molecule has 0 aromatic carbocycles. The van der Waals surface area contributed by atoms with Gasteiger partial charge in [-0.3, -0.25) is 14.5 Å². The molecule has 6 nitrogen and oxygen atoms in total. The highest BCUT2D eigenvalue weighted by Crippen LogP contribution is 2.20. The molecule has 1 aliphatic heterocycles. The van der Waals surface area contributed by atoms with Crippen molar-refractivity contribution in [3.8, 4) is 0 Å². The average Bonchev–Trinajstić information content (AvgIpc) is 2.89. The van der Waals surface area contributed by atoms with Crippen LogP contribution < -0.4 is 0 Å². The van der Waals surface area contributed by atoms with Gasteiger partial charge in [-0.05, 0) is 45.1 Å². The van der Waals surface area contributed by atoms with Gasteiger partial charge in [0.1, 0.15) is 0 Å². The van der Waals surface area contributed by atoms with Crippen LogP contribution in [0.3, 0.4) is 0 Å². The number of carbonyl (C=O) groups is 1. The largest absolute Gasteiger partial charge is 0.328 e. The van der Waals surface area contributed by atoms with Crippen molar-refractivity contribution in [3.63, 3.8) is 0 Å². The first kappa shape index (κ1) is 15.7. The van der Waals surface area contributed by atoms with Gasteiger partial charge in [0, 0.05) is 37.7 Å². The maximum absolute atomic E-state index is 13.1. The van der Waals surface area contributed by atoms with Gasteiger partial charge >= 0.3 is 0 Å².